The Labute approximate surface area is 124 Å². The molecule has 0 saturated heterocycles. The highest BCUT2D eigenvalue weighted by atomic mass is 17.5. The minimum atomic E-state index is -0.352. The second-order valence-corrected chi connectivity index (χ2v) is 6.53. The van der Waals surface area contributed by atoms with Crippen LogP contribution in [-0.2, 0) is 19.6 Å². The van der Waals surface area contributed by atoms with Crippen LogP contribution in [0.5, 0.6) is 0 Å². The van der Waals surface area contributed by atoms with Crippen molar-refractivity contribution in [2.75, 3.05) is 6.61 Å². The van der Waals surface area contributed by atoms with Crippen molar-refractivity contribution in [1.29, 1.82) is 0 Å². The van der Waals surface area contributed by atoms with E-state index in [1.807, 2.05) is 0 Å². The number of hydrogen-bond acceptors (Lipinski definition) is 4. The van der Waals surface area contributed by atoms with Crippen LogP contribution in [0.1, 0.15) is 85.5 Å². The third-order valence-corrected chi connectivity index (χ3v) is 3.06. The van der Waals surface area contributed by atoms with Crippen molar-refractivity contribution < 1.29 is 19.6 Å². The molecular formula is C16H32O4. The van der Waals surface area contributed by atoms with Gasteiger partial charge in [-0.2, -0.15) is 4.89 Å². The van der Waals surface area contributed by atoms with Crippen LogP contribution in [0.3, 0.4) is 0 Å². The van der Waals surface area contributed by atoms with Gasteiger partial charge in [-0.1, -0.05) is 59.8 Å². The van der Waals surface area contributed by atoms with Gasteiger partial charge in [0.2, 0.25) is 0 Å². The van der Waals surface area contributed by atoms with Crippen molar-refractivity contribution in [3.05, 3.63) is 0 Å². The first-order valence-corrected chi connectivity index (χ1v) is 7.94. The lowest BCUT2D eigenvalue weighted by Crippen LogP contribution is -2.07. The molecule has 0 N–H and O–H groups in total. The number of rotatable bonds is 12. The molecule has 0 unspecified atom stereocenters. The van der Waals surface area contributed by atoms with E-state index >= 15 is 0 Å². The van der Waals surface area contributed by atoms with E-state index in [9.17, 15) is 4.79 Å². The fraction of sp³-hybridized carbons (Fsp3) is 0.938. The lowest BCUT2D eigenvalue weighted by molar-refractivity contribution is -0.486. The molecule has 20 heavy (non-hydrogen) atoms. The third-order valence-electron chi connectivity index (χ3n) is 3.06. The Bertz CT molecular complexity index is 233. The zero-order chi connectivity index (χ0) is 15.3. The fourth-order valence-corrected chi connectivity index (χ4v) is 1.83. The first-order chi connectivity index (χ1) is 9.45. The highest BCUT2D eigenvalue weighted by molar-refractivity contribution is 5.68. The second kappa shape index (κ2) is 12.2. The van der Waals surface area contributed by atoms with E-state index in [-0.39, 0.29) is 5.97 Å². The van der Waals surface area contributed by atoms with Crippen LogP contribution in [0.25, 0.3) is 0 Å². The summed E-state index contributed by atoms with van der Waals surface area (Å²) >= 11 is 0. The molecule has 0 atom stereocenters. The van der Waals surface area contributed by atoms with E-state index in [1.54, 1.807) is 0 Å². The maximum atomic E-state index is 11.3. The van der Waals surface area contributed by atoms with Crippen molar-refractivity contribution in [2.24, 2.45) is 5.41 Å². The Balaban J connectivity index is 3.25. The highest BCUT2D eigenvalue weighted by Gasteiger charge is 2.10. The van der Waals surface area contributed by atoms with E-state index in [1.165, 1.54) is 19.3 Å². The summed E-state index contributed by atoms with van der Waals surface area (Å²) in [4.78, 5) is 20.6. The van der Waals surface area contributed by atoms with Gasteiger partial charge in [0.1, 0.15) is 0 Å². The van der Waals surface area contributed by atoms with E-state index in [4.69, 9.17) is 4.89 Å². The lowest BCUT2D eigenvalue weighted by atomic mass is 9.89. The quantitative estimate of drug-likeness (QED) is 0.289. The van der Waals surface area contributed by atoms with Crippen LogP contribution in [0.15, 0.2) is 0 Å². The van der Waals surface area contributed by atoms with Crippen molar-refractivity contribution in [1.82, 2.24) is 0 Å². The van der Waals surface area contributed by atoms with E-state index in [0.717, 1.165) is 32.1 Å². The molecule has 0 rings (SSSR count). The minimum Gasteiger partial charge on any atom is -0.269 e. The molecule has 120 valence electrons. The maximum Gasteiger partial charge on any atom is 0.345 e. The molecule has 4 heteroatoms. The van der Waals surface area contributed by atoms with Crippen LogP contribution in [0, 0.1) is 5.41 Å². The Morgan fingerprint density at radius 1 is 0.950 bits per heavy atom. The molecule has 0 aliphatic rings. The van der Waals surface area contributed by atoms with Crippen LogP contribution < -0.4 is 0 Å². The number of unbranched alkanes of at least 4 members (excludes halogenated alkanes) is 5. The molecule has 0 aromatic carbocycles. The second-order valence-electron chi connectivity index (χ2n) is 6.53. The highest BCUT2D eigenvalue weighted by Crippen LogP contribution is 2.22. The van der Waals surface area contributed by atoms with Crippen LogP contribution in [0.2, 0.25) is 0 Å². The molecule has 0 aromatic heterocycles. The molecule has 0 spiro atoms. The fourth-order valence-electron chi connectivity index (χ4n) is 1.83. The van der Waals surface area contributed by atoms with E-state index < -0.39 is 0 Å². The summed E-state index contributed by atoms with van der Waals surface area (Å²) in [7, 11) is 0. The van der Waals surface area contributed by atoms with Gasteiger partial charge in [-0.25, -0.2) is 4.79 Å². The molecule has 0 radical (unpaired) electrons. The van der Waals surface area contributed by atoms with E-state index in [2.05, 4.69) is 37.6 Å². The molecule has 0 aliphatic heterocycles. The molecular weight excluding hydrogens is 256 g/mol. The lowest BCUT2D eigenvalue weighted by Gasteiger charge is -2.17. The Hall–Kier alpha value is -0.610. The number of carbonyl (C=O) groups excluding carboxylic acids is 1. The summed E-state index contributed by atoms with van der Waals surface area (Å²) in [6.45, 7) is 9.31. The van der Waals surface area contributed by atoms with Gasteiger partial charge in [-0.15, -0.1) is 0 Å². The predicted molar refractivity (Wildman–Crippen MR) is 79.8 cm³/mol. The SMILES string of the molecule is CCCCCCOOOC(=O)CCCCCC(C)(C)C. The average Bonchev–Trinajstić information content (AvgIpc) is 2.36. The predicted octanol–water partition coefficient (Wildman–Crippen LogP) is 4.97. The van der Waals surface area contributed by atoms with Gasteiger partial charge in [0.05, 0.1) is 6.61 Å². The topological polar surface area (TPSA) is 44.8 Å². The molecule has 0 heterocycles. The maximum absolute atomic E-state index is 11.3. The summed E-state index contributed by atoms with van der Waals surface area (Å²) in [6, 6.07) is 0. The van der Waals surface area contributed by atoms with Crippen molar-refractivity contribution in [3.8, 4) is 0 Å². The van der Waals surface area contributed by atoms with Gasteiger partial charge in [0, 0.05) is 6.42 Å². The van der Waals surface area contributed by atoms with Crippen LogP contribution in [0.4, 0.5) is 0 Å². The van der Waals surface area contributed by atoms with Gasteiger partial charge >= 0.3 is 5.97 Å². The van der Waals surface area contributed by atoms with Gasteiger partial charge < -0.3 is 0 Å². The standard InChI is InChI=1S/C16H32O4/c1-5-6-7-11-14-18-20-19-15(17)12-9-8-10-13-16(2,3)4/h5-14H2,1-4H3. The average molecular weight is 288 g/mol. The van der Waals surface area contributed by atoms with Crippen molar-refractivity contribution in [3.63, 3.8) is 0 Å². The molecule has 0 fully saturated rings. The van der Waals surface area contributed by atoms with Gasteiger partial charge in [0.25, 0.3) is 0 Å². The number of hydrogen-bond donors (Lipinski definition) is 0. The molecule has 0 amide bonds. The Morgan fingerprint density at radius 3 is 2.30 bits per heavy atom. The van der Waals surface area contributed by atoms with Crippen LogP contribution >= 0.6 is 0 Å². The Morgan fingerprint density at radius 2 is 1.65 bits per heavy atom. The summed E-state index contributed by atoms with van der Waals surface area (Å²) in [5, 5.41) is 4.44. The zero-order valence-corrected chi connectivity index (χ0v) is 13.7. The Kier molecular flexibility index (Phi) is 11.8. The molecule has 0 aromatic rings. The van der Waals surface area contributed by atoms with Crippen molar-refractivity contribution in [2.45, 2.75) is 85.5 Å². The van der Waals surface area contributed by atoms with Gasteiger partial charge in [-0.3, -0.25) is 4.89 Å². The van der Waals surface area contributed by atoms with Gasteiger partial charge in [-0.05, 0) is 29.7 Å². The monoisotopic (exact) mass is 288 g/mol. The van der Waals surface area contributed by atoms with Crippen LogP contribution in [-0.4, -0.2) is 12.6 Å². The summed E-state index contributed by atoms with van der Waals surface area (Å²) in [6.07, 6.45) is 9.02. The number of carbonyl (C=O) groups is 1. The summed E-state index contributed by atoms with van der Waals surface area (Å²) in [5.41, 5.74) is 0.370. The minimum absolute atomic E-state index is 0.352. The first kappa shape index (κ1) is 19.4. The molecule has 0 bridgehead atoms. The normalized spacial score (nSPS) is 11.6. The summed E-state index contributed by atoms with van der Waals surface area (Å²) < 4.78 is 0. The largest absolute Gasteiger partial charge is 0.345 e. The molecule has 0 saturated carbocycles. The summed E-state index contributed by atoms with van der Waals surface area (Å²) in [5.74, 6) is -0.352. The zero-order valence-electron chi connectivity index (χ0n) is 13.7. The third kappa shape index (κ3) is 15.4. The van der Waals surface area contributed by atoms with Gasteiger partial charge in [0.15, 0.2) is 0 Å². The smallest absolute Gasteiger partial charge is 0.269 e. The molecule has 4 nitrogen and oxygen atoms in total. The van der Waals surface area contributed by atoms with E-state index in [0.29, 0.717) is 18.4 Å². The van der Waals surface area contributed by atoms with Crippen molar-refractivity contribution >= 4 is 5.97 Å². The molecule has 0 aliphatic carbocycles. The first-order valence-electron chi connectivity index (χ1n) is 7.94.